The number of aromatic amines is 1. The Kier molecular flexibility index (Phi) is 4.69. The first-order chi connectivity index (χ1) is 8.04. The highest BCUT2D eigenvalue weighted by molar-refractivity contribution is 5.09. The van der Waals surface area contributed by atoms with Crippen molar-refractivity contribution >= 4 is 0 Å². The molecule has 0 aliphatic rings. The number of H-pyrrole nitrogens is 1. The summed E-state index contributed by atoms with van der Waals surface area (Å²) < 4.78 is 1.21. The van der Waals surface area contributed by atoms with Crippen LogP contribution >= 0.6 is 0 Å². The van der Waals surface area contributed by atoms with Gasteiger partial charge in [-0.15, -0.1) is 0 Å². The van der Waals surface area contributed by atoms with Gasteiger partial charge in [0.2, 0.25) is 0 Å². The molecule has 1 heterocycles. The van der Waals surface area contributed by atoms with E-state index < -0.39 is 0 Å². The summed E-state index contributed by atoms with van der Waals surface area (Å²) in [5, 5.41) is 0. The average molecular weight is 234 g/mol. The maximum absolute atomic E-state index is 11.8. The Morgan fingerprint density at radius 3 is 2.41 bits per heavy atom. The fraction of sp³-hybridized carbons (Fsp3) is 0.385. The largest absolute Gasteiger partial charge is 0.328 e. The van der Waals surface area contributed by atoms with Gasteiger partial charge in [-0.05, 0) is 26.3 Å². The summed E-state index contributed by atoms with van der Waals surface area (Å²) in [6.07, 6.45) is 0.741. The van der Waals surface area contributed by atoms with E-state index in [1.54, 1.807) is 13.0 Å². The van der Waals surface area contributed by atoms with Crippen LogP contribution in [-0.2, 0) is 6.54 Å². The van der Waals surface area contributed by atoms with Gasteiger partial charge in [0.1, 0.15) is 0 Å². The van der Waals surface area contributed by atoms with Gasteiger partial charge in [-0.3, -0.25) is 9.36 Å². The van der Waals surface area contributed by atoms with Gasteiger partial charge in [-0.25, -0.2) is 4.79 Å². The molecule has 1 aromatic heterocycles. The van der Waals surface area contributed by atoms with Crippen LogP contribution in [0.4, 0.5) is 0 Å². The van der Waals surface area contributed by atoms with E-state index in [1.165, 1.54) is 10.6 Å². The molecular weight excluding hydrogens is 216 g/mol. The summed E-state index contributed by atoms with van der Waals surface area (Å²) in [4.78, 5) is 26.3. The molecule has 4 nitrogen and oxygen atoms in total. The standard InChI is InChI=1S/C13H18N2O2/c1-4-9-15-12(16)8-6-10(2)5-7-11(3)14-13(15)17/h5-8H,4,9H2,1-3H3,(H,14,17). The van der Waals surface area contributed by atoms with Crippen molar-refractivity contribution in [1.82, 2.24) is 9.55 Å². The van der Waals surface area contributed by atoms with Gasteiger partial charge in [-0.2, -0.15) is 0 Å². The average Bonchev–Trinajstić information content (AvgIpc) is 2.29. The lowest BCUT2D eigenvalue weighted by Crippen LogP contribution is -2.32. The summed E-state index contributed by atoms with van der Waals surface area (Å²) in [7, 11) is 0. The normalized spacial score (nSPS) is 9.82. The lowest BCUT2D eigenvalue weighted by Gasteiger charge is -1.98. The van der Waals surface area contributed by atoms with Gasteiger partial charge in [0.15, 0.2) is 0 Å². The van der Waals surface area contributed by atoms with Crippen molar-refractivity contribution < 1.29 is 0 Å². The fourth-order valence-corrected chi connectivity index (χ4v) is 1.42. The Hall–Kier alpha value is -1.84. The number of hydrogen-bond donors (Lipinski definition) is 1. The van der Waals surface area contributed by atoms with Crippen molar-refractivity contribution in [1.29, 1.82) is 0 Å². The summed E-state index contributed by atoms with van der Waals surface area (Å²) in [5.74, 6) is 0. The smallest absolute Gasteiger partial charge is 0.312 e. The van der Waals surface area contributed by atoms with Crippen LogP contribution in [0.1, 0.15) is 24.6 Å². The van der Waals surface area contributed by atoms with Gasteiger partial charge in [-0.1, -0.05) is 24.6 Å². The van der Waals surface area contributed by atoms with Crippen LogP contribution in [0.15, 0.2) is 33.9 Å². The van der Waals surface area contributed by atoms with Gasteiger partial charge in [0.25, 0.3) is 5.56 Å². The van der Waals surface area contributed by atoms with Gasteiger partial charge in [0.05, 0.1) is 0 Å². The molecule has 1 aromatic rings. The summed E-state index contributed by atoms with van der Waals surface area (Å²) in [5.41, 5.74) is 1.03. The van der Waals surface area contributed by atoms with Crippen molar-refractivity contribution in [2.45, 2.75) is 33.7 Å². The number of aromatic nitrogens is 2. The minimum absolute atomic E-state index is 0.285. The van der Waals surface area contributed by atoms with E-state index in [0.29, 0.717) is 6.54 Å². The maximum Gasteiger partial charge on any atom is 0.328 e. The molecule has 0 unspecified atom stereocenters. The summed E-state index contributed by atoms with van der Waals surface area (Å²) >= 11 is 0. The van der Waals surface area contributed by atoms with Crippen LogP contribution in [-0.4, -0.2) is 9.55 Å². The van der Waals surface area contributed by atoms with Crippen LogP contribution < -0.4 is 11.2 Å². The van der Waals surface area contributed by atoms with Gasteiger partial charge in [0, 0.05) is 18.3 Å². The minimum atomic E-state index is -0.372. The molecule has 17 heavy (non-hydrogen) atoms. The van der Waals surface area contributed by atoms with Gasteiger partial charge >= 0.3 is 5.69 Å². The second kappa shape index (κ2) is 6.03. The third kappa shape index (κ3) is 3.90. The van der Waals surface area contributed by atoms with E-state index in [-0.39, 0.29) is 11.2 Å². The number of hydrogen-bond acceptors (Lipinski definition) is 2. The molecule has 0 spiro atoms. The zero-order chi connectivity index (χ0) is 12.8. The molecule has 1 rings (SSSR count). The van der Waals surface area contributed by atoms with Crippen LogP contribution in [0.3, 0.4) is 0 Å². The lowest BCUT2D eigenvalue weighted by atomic mass is 10.3. The van der Waals surface area contributed by atoms with Crippen molar-refractivity contribution in [3.05, 3.63) is 56.4 Å². The van der Waals surface area contributed by atoms with Crippen molar-refractivity contribution in [3.8, 4) is 0 Å². The number of aryl methyl sites for hydroxylation is 2. The molecule has 0 fully saturated rings. The highest BCUT2D eigenvalue weighted by atomic mass is 16.2. The third-order valence-corrected chi connectivity index (χ3v) is 2.35. The second-order valence-electron chi connectivity index (χ2n) is 4.01. The Morgan fingerprint density at radius 2 is 1.76 bits per heavy atom. The van der Waals surface area contributed by atoms with E-state index in [9.17, 15) is 9.59 Å². The molecule has 0 aliphatic heterocycles. The lowest BCUT2D eigenvalue weighted by molar-refractivity contribution is 0.620. The summed E-state index contributed by atoms with van der Waals surface area (Å²) in [6.45, 7) is 6.05. The topological polar surface area (TPSA) is 54.9 Å². The Balaban J connectivity index is 3.66. The molecule has 0 aromatic carbocycles. The Bertz CT molecular complexity index is 554. The molecule has 4 heteroatoms. The second-order valence-corrected chi connectivity index (χ2v) is 4.01. The molecule has 0 amide bonds. The third-order valence-electron chi connectivity index (χ3n) is 2.35. The monoisotopic (exact) mass is 234 g/mol. The summed E-state index contributed by atoms with van der Waals surface area (Å²) in [6, 6.07) is 6.81. The van der Waals surface area contributed by atoms with Crippen LogP contribution in [0.2, 0.25) is 0 Å². The van der Waals surface area contributed by atoms with Crippen LogP contribution in [0.25, 0.3) is 0 Å². The molecule has 0 bridgehead atoms. The predicted molar refractivity (Wildman–Crippen MR) is 68.7 cm³/mol. The van der Waals surface area contributed by atoms with Crippen molar-refractivity contribution in [3.63, 3.8) is 0 Å². The molecule has 1 N–H and O–H groups in total. The highest BCUT2D eigenvalue weighted by Gasteiger charge is 1.95. The molecule has 0 radical (unpaired) electrons. The quantitative estimate of drug-likeness (QED) is 0.846. The predicted octanol–water partition coefficient (Wildman–Crippen LogP) is 1.69. The van der Waals surface area contributed by atoms with E-state index in [0.717, 1.165) is 17.7 Å². The Morgan fingerprint density at radius 1 is 1.12 bits per heavy atom. The number of nitrogens with one attached hydrogen (secondary N) is 1. The number of nitrogens with zero attached hydrogens (tertiary/aromatic N) is 1. The maximum atomic E-state index is 11.8. The van der Waals surface area contributed by atoms with Gasteiger partial charge < -0.3 is 4.98 Å². The highest BCUT2D eigenvalue weighted by Crippen LogP contribution is 1.90. The van der Waals surface area contributed by atoms with E-state index in [1.807, 2.05) is 26.0 Å². The SMILES string of the molecule is CCCn1c(=O)ccc(C)ccc(C)[nH]c1=O. The van der Waals surface area contributed by atoms with Crippen LogP contribution in [0, 0.1) is 13.8 Å². The van der Waals surface area contributed by atoms with Crippen LogP contribution in [0.5, 0.6) is 0 Å². The number of rotatable bonds is 2. The zero-order valence-electron chi connectivity index (χ0n) is 10.5. The molecule has 0 saturated heterocycles. The molecular formula is C13H18N2O2. The fourth-order valence-electron chi connectivity index (χ4n) is 1.42. The van der Waals surface area contributed by atoms with E-state index in [4.69, 9.17) is 0 Å². The van der Waals surface area contributed by atoms with Crippen molar-refractivity contribution in [2.24, 2.45) is 0 Å². The first kappa shape index (κ1) is 13.2. The first-order valence-corrected chi connectivity index (χ1v) is 5.70. The molecule has 92 valence electrons. The van der Waals surface area contributed by atoms with E-state index >= 15 is 0 Å². The zero-order valence-corrected chi connectivity index (χ0v) is 10.5. The van der Waals surface area contributed by atoms with E-state index in [2.05, 4.69) is 4.98 Å². The first-order valence-electron chi connectivity index (χ1n) is 5.70. The minimum Gasteiger partial charge on any atom is -0.312 e. The Labute approximate surface area is 100 Å². The molecule has 0 saturated carbocycles. The van der Waals surface area contributed by atoms with Crippen molar-refractivity contribution in [2.75, 3.05) is 0 Å². The molecule has 0 aliphatic carbocycles. The molecule has 0 atom stereocenters.